The molecule has 0 aliphatic carbocycles. The van der Waals surface area contributed by atoms with Crippen molar-refractivity contribution in [2.24, 2.45) is 0 Å². The third-order valence-electron chi connectivity index (χ3n) is 6.71. The number of nitrogens with one attached hydrogen (secondary N) is 1. The second-order valence-corrected chi connectivity index (χ2v) is 8.34. The molecule has 0 spiro atoms. The fourth-order valence-corrected chi connectivity index (χ4v) is 5.07. The molecule has 1 amide bonds. The summed E-state index contributed by atoms with van der Waals surface area (Å²) in [5.74, 6) is 0.119. The maximum Gasteiger partial charge on any atom is 0.260 e. The molecule has 4 aliphatic rings. The highest BCUT2D eigenvalue weighted by Crippen LogP contribution is 2.40. The second kappa shape index (κ2) is 7.41. The van der Waals surface area contributed by atoms with Crippen LogP contribution in [0.3, 0.4) is 0 Å². The summed E-state index contributed by atoms with van der Waals surface area (Å²) >= 11 is 0. The maximum atomic E-state index is 13.1. The first kappa shape index (κ1) is 18.0. The molecule has 1 atom stereocenters. The third-order valence-corrected chi connectivity index (χ3v) is 6.71. The first-order valence-corrected chi connectivity index (χ1v) is 10.7. The van der Waals surface area contributed by atoms with Crippen LogP contribution in [-0.2, 0) is 9.53 Å². The monoisotopic (exact) mass is 382 g/mol. The molecule has 3 saturated heterocycles. The molecule has 1 unspecified atom stereocenters. The van der Waals surface area contributed by atoms with Gasteiger partial charge in [0.1, 0.15) is 0 Å². The van der Waals surface area contributed by atoms with E-state index in [1.807, 2.05) is 7.05 Å². The molecule has 6 nitrogen and oxygen atoms in total. The highest BCUT2D eigenvalue weighted by atomic mass is 16.5. The number of amides is 1. The number of benzene rings is 1. The van der Waals surface area contributed by atoms with Gasteiger partial charge < -0.3 is 19.9 Å². The summed E-state index contributed by atoms with van der Waals surface area (Å²) in [7, 11) is 1.89. The van der Waals surface area contributed by atoms with Gasteiger partial charge >= 0.3 is 0 Å². The van der Waals surface area contributed by atoms with Gasteiger partial charge in [-0.3, -0.25) is 9.69 Å². The van der Waals surface area contributed by atoms with Crippen LogP contribution in [0.4, 0.5) is 11.4 Å². The number of fused-ring (bicyclic) bond motifs is 1. The van der Waals surface area contributed by atoms with Gasteiger partial charge in [0.15, 0.2) is 0 Å². The largest absolute Gasteiger partial charge is 0.386 e. The van der Waals surface area contributed by atoms with Gasteiger partial charge in [-0.25, -0.2) is 0 Å². The molecular formula is C22H30N4O2. The summed E-state index contributed by atoms with van der Waals surface area (Å²) in [5, 5.41) is 3.59. The standard InChI is InChI=1S/C22H30N4O2/c1-24-20-5-4-16(25-9-2-3-10-25)14-18(20)21(22(24)27)19-6-11-26(12-8-23-19)17-7-13-28-15-17/h4-5,14,17,23H,2-3,6-13,15H2,1H3/b21-19-. The van der Waals surface area contributed by atoms with Gasteiger partial charge in [0, 0.05) is 75.8 Å². The SMILES string of the molecule is CN1C(=O)/C(=C2/CCN(C3CCOC3)CCN2)c2cc(N3CCCC3)ccc21. The number of hydrogen-bond acceptors (Lipinski definition) is 5. The second-order valence-electron chi connectivity index (χ2n) is 8.34. The Kier molecular flexibility index (Phi) is 4.77. The summed E-state index contributed by atoms with van der Waals surface area (Å²) in [6.07, 6.45) is 4.52. The molecule has 1 aromatic rings. The van der Waals surface area contributed by atoms with E-state index in [-0.39, 0.29) is 5.91 Å². The molecule has 0 saturated carbocycles. The summed E-state index contributed by atoms with van der Waals surface area (Å²) in [6.45, 7) is 6.82. The average Bonchev–Trinajstić information content (AvgIpc) is 3.44. The first-order valence-electron chi connectivity index (χ1n) is 10.7. The van der Waals surface area contributed by atoms with Crippen LogP contribution in [0.15, 0.2) is 23.9 Å². The smallest absolute Gasteiger partial charge is 0.260 e. The normalized spacial score (nSPS) is 28.6. The minimum atomic E-state index is 0.119. The van der Waals surface area contributed by atoms with Crippen molar-refractivity contribution >= 4 is 22.9 Å². The molecule has 4 aliphatic heterocycles. The van der Waals surface area contributed by atoms with Crippen LogP contribution in [0, 0.1) is 0 Å². The van der Waals surface area contributed by atoms with E-state index in [0.717, 1.165) is 81.3 Å². The van der Waals surface area contributed by atoms with Gasteiger partial charge in [-0.05, 0) is 37.5 Å². The van der Waals surface area contributed by atoms with Gasteiger partial charge in [-0.2, -0.15) is 0 Å². The van der Waals surface area contributed by atoms with Crippen molar-refractivity contribution in [1.82, 2.24) is 10.2 Å². The predicted molar refractivity (Wildman–Crippen MR) is 112 cm³/mol. The van der Waals surface area contributed by atoms with E-state index >= 15 is 0 Å². The van der Waals surface area contributed by atoms with Crippen LogP contribution in [-0.4, -0.2) is 69.8 Å². The van der Waals surface area contributed by atoms with Gasteiger partial charge in [0.2, 0.25) is 0 Å². The highest BCUT2D eigenvalue weighted by molar-refractivity contribution is 6.33. The lowest BCUT2D eigenvalue weighted by atomic mass is 10.0. The number of nitrogens with zero attached hydrogens (tertiary/aromatic N) is 3. The lowest BCUT2D eigenvalue weighted by Crippen LogP contribution is -2.38. The molecule has 0 bridgehead atoms. The maximum absolute atomic E-state index is 13.1. The first-order chi connectivity index (χ1) is 13.7. The topological polar surface area (TPSA) is 48.1 Å². The molecule has 0 aromatic heterocycles. The molecule has 5 rings (SSSR count). The van der Waals surface area contributed by atoms with Crippen molar-refractivity contribution in [1.29, 1.82) is 0 Å². The number of carbonyl (C=O) groups is 1. The van der Waals surface area contributed by atoms with Gasteiger partial charge in [-0.1, -0.05) is 0 Å². The number of anilines is 2. The Balaban J connectivity index is 1.46. The van der Waals surface area contributed by atoms with Crippen molar-refractivity contribution in [2.45, 2.75) is 31.7 Å². The van der Waals surface area contributed by atoms with Crippen LogP contribution in [0.1, 0.15) is 31.2 Å². The van der Waals surface area contributed by atoms with Crippen molar-refractivity contribution < 1.29 is 9.53 Å². The van der Waals surface area contributed by atoms with Crippen LogP contribution in [0.2, 0.25) is 0 Å². The van der Waals surface area contributed by atoms with E-state index in [4.69, 9.17) is 4.74 Å². The molecule has 3 fully saturated rings. The number of rotatable bonds is 2. The quantitative estimate of drug-likeness (QED) is 0.794. The van der Waals surface area contributed by atoms with E-state index in [9.17, 15) is 4.79 Å². The molecule has 4 heterocycles. The van der Waals surface area contributed by atoms with Crippen molar-refractivity contribution in [2.75, 3.05) is 62.8 Å². The van der Waals surface area contributed by atoms with Crippen molar-refractivity contribution in [3.8, 4) is 0 Å². The molecule has 1 aromatic carbocycles. The van der Waals surface area contributed by atoms with Crippen molar-refractivity contribution in [3.63, 3.8) is 0 Å². The Labute approximate surface area is 167 Å². The lowest BCUT2D eigenvalue weighted by Gasteiger charge is -2.25. The molecule has 6 heteroatoms. The molecule has 0 radical (unpaired) electrons. The van der Waals surface area contributed by atoms with Crippen LogP contribution in [0.5, 0.6) is 0 Å². The zero-order chi connectivity index (χ0) is 19.1. The summed E-state index contributed by atoms with van der Waals surface area (Å²) < 4.78 is 5.58. The number of likely N-dealkylation sites (N-methyl/N-ethyl adjacent to an activating group) is 1. The van der Waals surface area contributed by atoms with Crippen molar-refractivity contribution in [3.05, 3.63) is 29.5 Å². The Morgan fingerprint density at radius 2 is 2.00 bits per heavy atom. The van der Waals surface area contributed by atoms with E-state index in [0.29, 0.717) is 6.04 Å². The number of hydrogen-bond donors (Lipinski definition) is 1. The zero-order valence-electron chi connectivity index (χ0n) is 16.7. The fraction of sp³-hybridized carbons (Fsp3) is 0.591. The highest BCUT2D eigenvalue weighted by Gasteiger charge is 2.34. The lowest BCUT2D eigenvalue weighted by molar-refractivity contribution is -0.112. The van der Waals surface area contributed by atoms with Crippen LogP contribution < -0.4 is 15.1 Å². The van der Waals surface area contributed by atoms with Crippen LogP contribution >= 0.6 is 0 Å². The van der Waals surface area contributed by atoms with Gasteiger partial charge in [-0.15, -0.1) is 0 Å². The molecule has 1 N–H and O–H groups in total. The van der Waals surface area contributed by atoms with Gasteiger partial charge in [0.25, 0.3) is 5.91 Å². The summed E-state index contributed by atoms with van der Waals surface area (Å²) in [4.78, 5) is 19.9. The molecular weight excluding hydrogens is 352 g/mol. The van der Waals surface area contributed by atoms with E-state index in [1.165, 1.54) is 18.5 Å². The summed E-state index contributed by atoms with van der Waals surface area (Å²) in [5.41, 5.74) is 5.36. The molecule has 28 heavy (non-hydrogen) atoms. The van der Waals surface area contributed by atoms with E-state index in [2.05, 4.69) is 33.3 Å². The molecule has 150 valence electrons. The number of ether oxygens (including phenoxy) is 1. The number of carbonyl (C=O) groups excluding carboxylic acids is 1. The Bertz CT molecular complexity index is 794. The van der Waals surface area contributed by atoms with E-state index in [1.54, 1.807) is 4.90 Å². The minimum Gasteiger partial charge on any atom is -0.386 e. The van der Waals surface area contributed by atoms with Gasteiger partial charge in [0.05, 0.1) is 17.9 Å². The Morgan fingerprint density at radius 3 is 2.79 bits per heavy atom. The predicted octanol–water partition coefficient (Wildman–Crippen LogP) is 2.06. The minimum absolute atomic E-state index is 0.119. The third kappa shape index (κ3) is 3.08. The van der Waals surface area contributed by atoms with Crippen LogP contribution in [0.25, 0.3) is 5.57 Å². The Morgan fingerprint density at radius 1 is 1.14 bits per heavy atom. The zero-order valence-corrected chi connectivity index (χ0v) is 16.7. The van der Waals surface area contributed by atoms with E-state index < -0.39 is 0 Å². The summed E-state index contributed by atoms with van der Waals surface area (Å²) in [6, 6.07) is 7.05. The Hall–Kier alpha value is -2.05. The average molecular weight is 383 g/mol. The fourth-order valence-electron chi connectivity index (χ4n) is 5.07.